The van der Waals surface area contributed by atoms with Gasteiger partial charge in [0.1, 0.15) is 0 Å². The second-order valence-corrected chi connectivity index (χ2v) is 3.31. The molecule has 0 bridgehead atoms. The van der Waals surface area contributed by atoms with Gasteiger partial charge in [-0.25, -0.2) is 0 Å². The van der Waals surface area contributed by atoms with Gasteiger partial charge in [-0.2, -0.15) is 0 Å². The molecule has 0 saturated heterocycles. The van der Waals surface area contributed by atoms with Crippen LogP contribution in [0.1, 0.15) is 35.3 Å². The number of H-pyrrole nitrogens is 1. The number of fused-ring (bicyclic) bond motifs is 1. The van der Waals surface area contributed by atoms with Crippen LogP contribution in [0.5, 0.6) is 0 Å². The van der Waals surface area contributed by atoms with Crippen LogP contribution in [-0.4, -0.2) is 18.6 Å². The first kappa shape index (κ1) is 6.71. The van der Waals surface area contributed by atoms with E-state index < -0.39 is 0 Å². The van der Waals surface area contributed by atoms with Gasteiger partial charge >= 0.3 is 0 Å². The lowest BCUT2D eigenvalue weighted by Crippen LogP contribution is -2.04. The van der Waals surface area contributed by atoms with Crippen molar-refractivity contribution in [1.29, 1.82) is 0 Å². The Bertz CT molecular complexity index is 316. The maximum absolute atomic E-state index is 11.3. The molecule has 2 nitrogen and oxygen atoms in total. The number of hydrogen-bond donors (Lipinski definition) is 1. The Kier molecular flexibility index (Phi) is 1.22. The third-order valence-electron chi connectivity index (χ3n) is 2.27. The number of nitrogens with one attached hydrogen (secondary N) is 1. The van der Waals surface area contributed by atoms with Gasteiger partial charge in [-0.1, -0.05) is 6.92 Å². The summed E-state index contributed by atoms with van der Waals surface area (Å²) >= 11 is 0. The van der Waals surface area contributed by atoms with Crippen molar-refractivity contribution < 1.29 is 4.79 Å². The van der Waals surface area contributed by atoms with E-state index in [-0.39, 0.29) is 5.78 Å². The molecule has 1 aromatic heterocycles. The zero-order valence-electron chi connectivity index (χ0n) is 6.77. The molecule has 56 valence electrons. The largest absolute Gasteiger partial charge is 0.370 e. The lowest BCUT2D eigenvalue weighted by atomic mass is 10.0. The van der Waals surface area contributed by atoms with Crippen LogP contribution < -0.4 is 5.59 Å². The minimum atomic E-state index is 0.289. The summed E-state index contributed by atoms with van der Waals surface area (Å²) < 4.78 is 0. The van der Waals surface area contributed by atoms with Crippen LogP contribution in [0.15, 0.2) is 6.07 Å². The average molecular weight is 147 g/mol. The third kappa shape index (κ3) is 0.838. The molecule has 2 rings (SSSR count). The fraction of sp³-hybridized carbons (Fsp3) is 0.375. The van der Waals surface area contributed by atoms with Gasteiger partial charge in [-0.3, -0.25) is 4.79 Å². The Hall–Kier alpha value is -0.985. The molecule has 1 heterocycles. The van der Waals surface area contributed by atoms with E-state index in [4.69, 9.17) is 0 Å². The molecule has 11 heavy (non-hydrogen) atoms. The van der Waals surface area contributed by atoms with Crippen molar-refractivity contribution in [3.8, 4) is 0 Å². The van der Waals surface area contributed by atoms with E-state index in [1.54, 1.807) is 0 Å². The molecule has 1 aliphatic rings. The van der Waals surface area contributed by atoms with E-state index in [1.165, 1.54) is 0 Å². The summed E-state index contributed by atoms with van der Waals surface area (Å²) in [7, 11) is 1.98. The standard InChI is InChI=1S/C8H10BNO/c1-4-2-6(11)5-3-7(9)10-8(4)5/h3-4,10H,2,9H2,1H3/t4-/m0/s1. The van der Waals surface area contributed by atoms with Crippen molar-refractivity contribution in [2.75, 3.05) is 0 Å². The minimum Gasteiger partial charge on any atom is -0.370 e. The first-order valence-electron chi connectivity index (χ1n) is 3.91. The van der Waals surface area contributed by atoms with Crippen molar-refractivity contribution in [3.05, 3.63) is 17.3 Å². The lowest BCUT2D eigenvalue weighted by molar-refractivity contribution is 0.0990. The van der Waals surface area contributed by atoms with Crippen molar-refractivity contribution in [2.45, 2.75) is 19.3 Å². The number of rotatable bonds is 0. The van der Waals surface area contributed by atoms with Crippen molar-refractivity contribution in [3.63, 3.8) is 0 Å². The van der Waals surface area contributed by atoms with Gasteiger partial charge in [0.15, 0.2) is 13.6 Å². The normalized spacial score (nSPS) is 22.3. The molecule has 0 spiro atoms. The summed E-state index contributed by atoms with van der Waals surface area (Å²) in [6.07, 6.45) is 0.682. The van der Waals surface area contributed by atoms with Gasteiger partial charge in [-0.15, -0.1) is 0 Å². The van der Waals surface area contributed by atoms with Gasteiger partial charge in [0.05, 0.1) is 0 Å². The van der Waals surface area contributed by atoms with Crippen LogP contribution >= 0.6 is 0 Å². The molecule has 1 aromatic rings. The molecular formula is C8H10BNO. The Labute approximate surface area is 66.4 Å². The smallest absolute Gasteiger partial charge is 0.165 e. The molecule has 0 aliphatic heterocycles. The summed E-state index contributed by atoms with van der Waals surface area (Å²) in [6, 6.07) is 1.95. The summed E-state index contributed by atoms with van der Waals surface area (Å²) in [4.78, 5) is 14.5. The number of hydrogen-bond acceptors (Lipinski definition) is 1. The third-order valence-corrected chi connectivity index (χ3v) is 2.27. The molecule has 0 aromatic carbocycles. The predicted molar refractivity (Wildman–Crippen MR) is 46.3 cm³/mol. The highest BCUT2D eigenvalue weighted by molar-refractivity contribution is 6.31. The Morgan fingerprint density at radius 2 is 2.45 bits per heavy atom. The van der Waals surface area contributed by atoms with Crippen molar-refractivity contribution in [1.82, 2.24) is 4.98 Å². The summed E-state index contributed by atoms with van der Waals surface area (Å²) in [5, 5.41) is 0. The minimum absolute atomic E-state index is 0.289. The molecule has 1 atom stereocenters. The van der Waals surface area contributed by atoms with E-state index in [2.05, 4.69) is 11.9 Å². The molecule has 1 N–H and O–H groups in total. The van der Waals surface area contributed by atoms with Gasteiger partial charge in [-0.05, 0) is 11.7 Å². The van der Waals surface area contributed by atoms with Crippen molar-refractivity contribution in [2.24, 2.45) is 0 Å². The highest BCUT2D eigenvalue weighted by Crippen LogP contribution is 2.29. The van der Waals surface area contributed by atoms with E-state index in [0.29, 0.717) is 12.3 Å². The fourth-order valence-corrected chi connectivity index (χ4v) is 1.72. The Morgan fingerprint density at radius 1 is 1.73 bits per heavy atom. The van der Waals surface area contributed by atoms with Crippen LogP contribution in [0.3, 0.4) is 0 Å². The van der Waals surface area contributed by atoms with E-state index in [1.807, 2.05) is 13.9 Å². The van der Waals surface area contributed by atoms with Crippen LogP contribution in [0.25, 0.3) is 0 Å². The van der Waals surface area contributed by atoms with Gasteiger partial charge in [0, 0.05) is 23.6 Å². The number of Topliss-reactive ketones (excluding diaryl/α,β-unsaturated/α-hetero) is 1. The number of aromatic amines is 1. The molecule has 0 fully saturated rings. The second-order valence-electron chi connectivity index (χ2n) is 3.31. The van der Waals surface area contributed by atoms with Gasteiger partial charge in [0.2, 0.25) is 0 Å². The average Bonchev–Trinajstić information content (AvgIpc) is 2.38. The van der Waals surface area contributed by atoms with Crippen molar-refractivity contribution >= 4 is 19.2 Å². The molecule has 0 amide bonds. The first-order valence-corrected chi connectivity index (χ1v) is 3.91. The lowest BCUT2D eigenvalue weighted by Gasteiger charge is -1.97. The molecule has 3 heteroatoms. The van der Waals surface area contributed by atoms with Crippen LogP contribution in [0.4, 0.5) is 0 Å². The monoisotopic (exact) mass is 147 g/mol. The van der Waals surface area contributed by atoms with Gasteiger partial charge in [0.25, 0.3) is 0 Å². The predicted octanol–water partition coefficient (Wildman–Crippen LogP) is -0.0370. The van der Waals surface area contributed by atoms with E-state index in [9.17, 15) is 4.79 Å². The zero-order chi connectivity index (χ0) is 8.01. The van der Waals surface area contributed by atoms with Crippen LogP contribution in [-0.2, 0) is 0 Å². The topological polar surface area (TPSA) is 32.9 Å². The first-order chi connectivity index (χ1) is 5.18. The molecule has 0 radical (unpaired) electrons. The Morgan fingerprint density at radius 3 is 3.09 bits per heavy atom. The summed E-state index contributed by atoms with van der Waals surface area (Å²) in [5.74, 6) is 0.683. The van der Waals surface area contributed by atoms with Crippen LogP contribution in [0.2, 0.25) is 0 Å². The summed E-state index contributed by atoms with van der Waals surface area (Å²) in [6.45, 7) is 2.08. The number of carbonyl (C=O) groups is 1. The maximum Gasteiger partial charge on any atom is 0.165 e. The summed E-state index contributed by atoms with van der Waals surface area (Å²) in [5.41, 5.74) is 3.14. The Balaban J connectivity index is 2.58. The number of aromatic nitrogens is 1. The fourth-order valence-electron chi connectivity index (χ4n) is 1.72. The SMILES string of the molecule is Bc1cc2c([nH]1)[C@@H](C)CC2=O. The molecular weight excluding hydrogens is 137 g/mol. The molecule has 1 aliphatic carbocycles. The highest BCUT2D eigenvalue weighted by atomic mass is 16.1. The number of ketones is 1. The van der Waals surface area contributed by atoms with E-state index in [0.717, 1.165) is 16.9 Å². The van der Waals surface area contributed by atoms with Gasteiger partial charge < -0.3 is 4.98 Å². The quantitative estimate of drug-likeness (QED) is 0.513. The molecule has 0 saturated carbocycles. The number of carbonyl (C=O) groups excluding carboxylic acids is 1. The maximum atomic E-state index is 11.3. The van der Waals surface area contributed by atoms with Crippen LogP contribution in [0, 0.1) is 0 Å². The zero-order valence-corrected chi connectivity index (χ0v) is 6.77. The highest BCUT2D eigenvalue weighted by Gasteiger charge is 2.27. The van der Waals surface area contributed by atoms with E-state index >= 15 is 0 Å². The second kappa shape index (κ2) is 2.00. The molecule has 0 unspecified atom stereocenters.